The molecule has 182 valence electrons. The maximum absolute atomic E-state index is 12.5. The number of benzene rings is 2. The van der Waals surface area contributed by atoms with Crippen LogP contribution in [0.3, 0.4) is 0 Å². The van der Waals surface area contributed by atoms with Gasteiger partial charge in [-0.15, -0.1) is 5.10 Å². The maximum atomic E-state index is 12.5. The van der Waals surface area contributed by atoms with Crippen molar-refractivity contribution in [1.82, 2.24) is 19.6 Å². The summed E-state index contributed by atoms with van der Waals surface area (Å²) in [5.41, 5.74) is 1.73. The third kappa shape index (κ3) is 5.35. The predicted molar refractivity (Wildman–Crippen MR) is 122 cm³/mol. The van der Waals surface area contributed by atoms with Gasteiger partial charge in [0.25, 0.3) is 5.91 Å². The lowest BCUT2D eigenvalue weighted by atomic mass is 10.1. The van der Waals surface area contributed by atoms with Gasteiger partial charge in [-0.25, -0.2) is 4.79 Å². The van der Waals surface area contributed by atoms with E-state index in [-0.39, 0.29) is 25.2 Å². The number of amides is 1. The fraction of sp³-hybridized carbons (Fsp3) is 0.333. The number of carbonyl (C=O) groups excluding carboxylic acids is 2. The van der Waals surface area contributed by atoms with Crippen LogP contribution in [0.1, 0.15) is 5.56 Å². The van der Waals surface area contributed by atoms with Crippen LogP contribution in [0.25, 0.3) is 11.5 Å². The quantitative estimate of drug-likeness (QED) is 0.459. The summed E-state index contributed by atoms with van der Waals surface area (Å²) in [5.74, 6) is -0.178. The Balaban J connectivity index is 1.06. The van der Waals surface area contributed by atoms with Gasteiger partial charge in [-0.1, -0.05) is 24.3 Å². The Morgan fingerprint density at radius 3 is 2.54 bits per heavy atom. The monoisotopic (exact) mass is 480 g/mol. The van der Waals surface area contributed by atoms with Crippen molar-refractivity contribution in [1.29, 1.82) is 0 Å². The van der Waals surface area contributed by atoms with Gasteiger partial charge in [-0.05, 0) is 29.8 Å². The second-order valence-corrected chi connectivity index (χ2v) is 8.20. The number of fused-ring (bicyclic) bond motifs is 1. The Bertz CT molecular complexity index is 1260. The molecular formula is C24H24N4O7. The van der Waals surface area contributed by atoms with Gasteiger partial charge >= 0.3 is 11.7 Å². The molecule has 1 amide bonds. The number of rotatable bonds is 7. The van der Waals surface area contributed by atoms with Crippen molar-refractivity contribution in [3.63, 3.8) is 0 Å². The van der Waals surface area contributed by atoms with Crippen molar-refractivity contribution >= 4 is 11.9 Å². The number of nitrogens with zero attached hydrogens (tertiary/aromatic N) is 4. The normalized spacial score (nSPS) is 15.3. The third-order valence-corrected chi connectivity index (χ3v) is 5.83. The summed E-state index contributed by atoms with van der Waals surface area (Å²) in [6.45, 7) is 2.62. The lowest BCUT2D eigenvalue weighted by Gasteiger charge is -2.34. The molecule has 0 aliphatic carbocycles. The zero-order chi connectivity index (χ0) is 24.2. The molecule has 11 nitrogen and oxygen atoms in total. The Morgan fingerprint density at radius 2 is 1.74 bits per heavy atom. The van der Waals surface area contributed by atoms with Crippen molar-refractivity contribution < 1.29 is 28.2 Å². The minimum Gasteiger partial charge on any atom is -0.454 e. The summed E-state index contributed by atoms with van der Waals surface area (Å²) in [4.78, 5) is 40.6. The molecule has 2 aliphatic rings. The van der Waals surface area contributed by atoms with Gasteiger partial charge in [0.2, 0.25) is 12.7 Å². The van der Waals surface area contributed by atoms with Crippen LogP contribution in [0, 0.1) is 0 Å². The van der Waals surface area contributed by atoms with E-state index in [0.29, 0.717) is 31.7 Å². The number of esters is 1. The minimum atomic E-state index is -0.772. The van der Waals surface area contributed by atoms with Gasteiger partial charge in [0, 0.05) is 38.3 Å². The summed E-state index contributed by atoms with van der Waals surface area (Å²) in [7, 11) is 0. The summed E-state index contributed by atoms with van der Waals surface area (Å²) in [6.07, 6.45) is 0. The van der Waals surface area contributed by atoms with E-state index < -0.39 is 18.3 Å². The lowest BCUT2D eigenvalue weighted by molar-refractivity contribution is -0.153. The summed E-state index contributed by atoms with van der Waals surface area (Å²) < 4.78 is 21.8. The van der Waals surface area contributed by atoms with Gasteiger partial charge < -0.3 is 23.5 Å². The molecule has 0 N–H and O–H groups in total. The van der Waals surface area contributed by atoms with Crippen LogP contribution in [0.4, 0.5) is 0 Å². The molecule has 0 bridgehead atoms. The first-order valence-corrected chi connectivity index (χ1v) is 11.2. The standard InChI is InChI=1S/C24H24N4O7/c29-21(15-32-22(30)14-28-24(31)35-23(25-28)18-4-2-1-3-5-18)27-10-8-26(9-11-27)13-17-6-7-19-20(12-17)34-16-33-19/h1-7,12H,8-11,13-16H2. The highest BCUT2D eigenvalue weighted by atomic mass is 16.7. The van der Waals surface area contributed by atoms with Gasteiger partial charge in [-0.2, -0.15) is 4.68 Å². The zero-order valence-corrected chi connectivity index (χ0v) is 18.9. The molecule has 0 spiro atoms. The SMILES string of the molecule is O=C(Cn1nc(-c2ccccc2)oc1=O)OCC(=O)N1CCN(Cc2ccc3c(c2)OCO3)CC1. The maximum Gasteiger partial charge on any atom is 0.437 e. The van der Waals surface area contributed by atoms with E-state index in [2.05, 4.69) is 10.00 Å². The molecule has 11 heteroatoms. The molecule has 0 saturated carbocycles. The highest BCUT2D eigenvalue weighted by Crippen LogP contribution is 2.32. The number of aromatic nitrogens is 2. The van der Waals surface area contributed by atoms with E-state index in [1.807, 2.05) is 24.3 Å². The first-order valence-electron chi connectivity index (χ1n) is 11.2. The molecule has 35 heavy (non-hydrogen) atoms. The minimum absolute atomic E-state index is 0.109. The van der Waals surface area contributed by atoms with E-state index in [1.54, 1.807) is 29.2 Å². The van der Waals surface area contributed by atoms with Gasteiger partial charge in [0.1, 0.15) is 6.54 Å². The summed E-state index contributed by atoms with van der Waals surface area (Å²) in [5, 5.41) is 4.02. The number of hydrogen-bond donors (Lipinski definition) is 0. The number of piperazine rings is 1. The molecule has 5 rings (SSSR count). The van der Waals surface area contributed by atoms with Crippen LogP contribution < -0.4 is 15.2 Å². The van der Waals surface area contributed by atoms with E-state index in [0.717, 1.165) is 28.3 Å². The zero-order valence-electron chi connectivity index (χ0n) is 18.9. The van der Waals surface area contributed by atoms with Crippen LogP contribution >= 0.6 is 0 Å². The first kappa shape index (κ1) is 22.7. The van der Waals surface area contributed by atoms with E-state index in [9.17, 15) is 14.4 Å². The Morgan fingerprint density at radius 1 is 0.971 bits per heavy atom. The number of ether oxygens (including phenoxy) is 3. The van der Waals surface area contributed by atoms with Crippen molar-refractivity contribution in [2.45, 2.75) is 13.1 Å². The molecule has 0 radical (unpaired) electrons. The van der Waals surface area contributed by atoms with E-state index in [1.165, 1.54) is 0 Å². The van der Waals surface area contributed by atoms with Crippen LogP contribution in [0.5, 0.6) is 11.5 Å². The van der Waals surface area contributed by atoms with E-state index >= 15 is 0 Å². The van der Waals surface area contributed by atoms with Crippen molar-refractivity contribution in [3.8, 4) is 23.0 Å². The second-order valence-electron chi connectivity index (χ2n) is 8.20. The molecule has 2 aromatic carbocycles. The van der Waals surface area contributed by atoms with E-state index in [4.69, 9.17) is 18.6 Å². The number of carbonyl (C=O) groups is 2. The highest BCUT2D eigenvalue weighted by Gasteiger charge is 2.23. The molecule has 3 aromatic rings. The Kier molecular flexibility index (Phi) is 6.49. The van der Waals surface area contributed by atoms with Crippen LogP contribution in [-0.2, 0) is 27.4 Å². The van der Waals surface area contributed by atoms with Crippen molar-refractivity contribution in [2.24, 2.45) is 0 Å². The van der Waals surface area contributed by atoms with Crippen LogP contribution in [0.15, 0.2) is 57.7 Å². The van der Waals surface area contributed by atoms with Crippen LogP contribution in [0.2, 0.25) is 0 Å². The molecular weight excluding hydrogens is 456 g/mol. The molecule has 2 aliphatic heterocycles. The average molecular weight is 480 g/mol. The average Bonchev–Trinajstić information content (AvgIpc) is 3.49. The molecule has 0 atom stereocenters. The molecule has 1 saturated heterocycles. The molecule has 3 heterocycles. The van der Waals surface area contributed by atoms with Crippen molar-refractivity contribution in [3.05, 3.63) is 64.6 Å². The fourth-order valence-electron chi connectivity index (χ4n) is 3.96. The van der Waals surface area contributed by atoms with Crippen LogP contribution in [-0.4, -0.2) is 71.0 Å². The largest absolute Gasteiger partial charge is 0.454 e. The Labute approximate surface area is 200 Å². The fourth-order valence-corrected chi connectivity index (χ4v) is 3.96. The van der Waals surface area contributed by atoms with Crippen molar-refractivity contribution in [2.75, 3.05) is 39.6 Å². The second kappa shape index (κ2) is 10.0. The molecule has 1 aromatic heterocycles. The first-order chi connectivity index (χ1) is 17.0. The smallest absolute Gasteiger partial charge is 0.437 e. The number of hydrogen-bond acceptors (Lipinski definition) is 9. The van der Waals surface area contributed by atoms with Gasteiger partial charge in [0.05, 0.1) is 0 Å². The third-order valence-electron chi connectivity index (χ3n) is 5.83. The lowest BCUT2D eigenvalue weighted by Crippen LogP contribution is -2.49. The Hall–Kier alpha value is -4.12. The predicted octanol–water partition coefficient (Wildman–Crippen LogP) is 1.12. The molecule has 1 fully saturated rings. The summed E-state index contributed by atoms with van der Waals surface area (Å²) in [6, 6.07) is 14.8. The van der Waals surface area contributed by atoms with Gasteiger partial charge in [-0.3, -0.25) is 14.5 Å². The highest BCUT2D eigenvalue weighted by molar-refractivity contribution is 5.80. The topological polar surface area (TPSA) is 116 Å². The molecule has 0 unspecified atom stereocenters. The van der Waals surface area contributed by atoms with Gasteiger partial charge in [0.15, 0.2) is 18.1 Å². The summed E-state index contributed by atoms with van der Waals surface area (Å²) >= 11 is 0.